The lowest BCUT2D eigenvalue weighted by Gasteiger charge is -2.01. The summed E-state index contributed by atoms with van der Waals surface area (Å²) >= 11 is 0. The molecule has 0 atom stereocenters. The molecule has 0 radical (unpaired) electrons. The minimum atomic E-state index is -0.328. The molecule has 0 bridgehead atoms. The number of oxazole rings is 1. The van der Waals surface area contributed by atoms with Crippen LogP contribution in [-0.4, -0.2) is 9.97 Å². The van der Waals surface area contributed by atoms with Crippen molar-refractivity contribution in [2.45, 2.75) is 20.0 Å². The summed E-state index contributed by atoms with van der Waals surface area (Å²) in [5, 5.41) is 3.10. The fraction of sp³-hybridized carbons (Fsp3) is 0.273. The van der Waals surface area contributed by atoms with E-state index in [1.807, 2.05) is 6.92 Å². The first kappa shape index (κ1) is 10.8. The molecule has 2 aromatic rings. The Balaban J connectivity index is 1.84. The number of hydrogen-bond donors (Lipinski definition) is 1. The van der Waals surface area contributed by atoms with Gasteiger partial charge in [0, 0.05) is 12.7 Å². The van der Waals surface area contributed by atoms with Crippen LogP contribution in [0, 0.1) is 12.7 Å². The van der Waals surface area contributed by atoms with E-state index in [2.05, 4.69) is 15.3 Å². The highest BCUT2D eigenvalue weighted by Gasteiger charge is 2.00. The van der Waals surface area contributed by atoms with Gasteiger partial charge in [-0.05, 0) is 18.6 Å². The predicted molar refractivity (Wildman–Crippen MR) is 56.0 cm³/mol. The van der Waals surface area contributed by atoms with Crippen LogP contribution in [0.3, 0.4) is 0 Å². The Bertz CT molecular complexity index is 470. The Morgan fingerprint density at radius 2 is 2.19 bits per heavy atom. The Morgan fingerprint density at radius 3 is 2.88 bits per heavy atom. The molecule has 0 aliphatic rings. The molecule has 84 valence electrons. The van der Waals surface area contributed by atoms with Gasteiger partial charge in [0.1, 0.15) is 11.6 Å². The summed E-state index contributed by atoms with van der Waals surface area (Å²) in [7, 11) is 0. The maximum Gasteiger partial charge on any atom is 0.208 e. The van der Waals surface area contributed by atoms with Crippen LogP contribution in [0.2, 0.25) is 0 Å². The molecule has 0 amide bonds. The maximum atomic E-state index is 12.8. The third kappa shape index (κ3) is 2.87. The van der Waals surface area contributed by atoms with Gasteiger partial charge in [-0.1, -0.05) is 0 Å². The van der Waals surface area contributed by atoms with Crippen molar-refractivity contribution in [2.24, 2.45) is 0 Å². The summed E-state index contributed by atoms with van der Waals surface area (Å²) in [6, 6.07) is 1.45. The van der Waals surface area contributed by atoms with Gasteiger partial charge < -0.3 is 9.73 Å². The van der Waals surface area contributed by atoms with Gasteiger partial charge in [0.05, 0.1) is 18.9 Å². The first-order valence-electron chi connectivity index (χ1n) is 4.95. The number of aromatic nitrogens is 2. The second-order valence-electron chi connectivity index (χ2n) is 3.48. The summed E-state index contributed by atoms with van der Waals surface area (Å²) in [5.74, 6) is 1.08. The van der Waals surface area contributed by atoms with Crippen molar-refractivity contribution in [1.82, 2.24) is 15.3 Å². The zero-order valence-corrected chi connectivity index (χ0v) is 8.90. The van der Waals surface area contributed by atoms with Crippen LogP contribution in [0.4, 0.5) is 4.39 Å². The van der Waals surface area contributed by atoms with E-state index in [9.17, 15) is 4.39 Å². The molecule has 2 heterocycles. The van der Waals surface area contributed by atoms with Gasteiger partial charge in [-0.25, -0.2) is 9.37 Å². The van der Waals surface area contributed by atoms with E-state index in [1.165, 1.54) is 12.3 Å². The van der Waals surface area contributed by atoms with E-state index in [0.717, 1.165) is 11.3 Å². The average molecular weight is 221 g/mol. The van der Waals surface area contributed by atoms with E-state index in [0.29, 0.717) is 19.0 Å². The quantitative estimate of drug-likeness (QED) is 0.855. The van der Waals surface area contributed by atoms with Crippen LogP contribution in [-0.2, 0) is 13.1 Å². The highest BCUT2D eigenvalue weighted by atomic mass is 19.1. The molecule has 16 heavy (non-hydrogen) atoms. The van der Waals surface area contributed by atoms with Crippen molar-refractivity contribution in [3.05, 3.63) is 47.7 Å². The van der Waals surface area contributed by atoms with Crippen LogP contribution in [0.1, 0.15) is 17.2 Å². The molecule has 0 aliphatic carbocycles. The molecule has 4 nitrogen and oxygen atoms in total. The van der Waals surface area contributed by atoms with Gasteiger partial charge >= 0.3 is 0 Å². The molecule has 5 heteroatoms. The molecule has 0 spiro atoms. The maximum absolute atomic E-state index is 12.8. The van der Waals surface area contributed by atoms with Crippen molar-refractivity contribution >= 4 is 0 Å². The minimum Gasteiger partial charge on any atom is -0.445 e. The number of hydrogen-bond acceptors (Lipinski definition) is 4. The van der Waals surface area contributed by atoms with Crippen molar-refractivity contribution in [3.8, 4) is 0 Å². The number of nitrogens with one attached hydrogen (secondary N) is 1. The zero-order valence-electron chi connectivity index (χ0n) is 8.90. The summed E-state index contributed by atoms with van der Waals surface area (Å²) in [6.07, 6.45) is 4.47. The number of rotatable bonds is 4. The van der Waals surface area contributed by atoms with Crippen molar-refractivity contribution in [1.29, 1.82) is 0 Å². The molecule has 0 saturated carbocycles. The molecule has 0 fully saturated rings. The third-order valence-corrected chi connectivity index (χ3v) is 2.04. The fourth-order valence-corrected chi connectivity index (χ4v) is 1.35. The lowest BCUT2D eigenvalue weighted by Crippen LogP contribution is -2.13. The molecule has 2 rings (SSSR count). The normalized spacial score (nSPS) is 10.6. The lowest BCUT2D eigenvalue weighted by atomic mass is 10.3. The molecule has 0 saturated heterocycles. The topological polar surface area (TPSA) is 51.0 Å². The van der Waals surface area contributed by atoms with E-state index in [-0.39, 0.29) is 5.82 Å². The van der Waals surface area contributed by atoms with E-state index in [1.54, 1.807) is 12.4 Å². The van der Waals surface area contributed by atoms with Gasteiger partial charge in [0.2, 0.25) is 5.89 Å². The Labute approximate surface area is 92.5 Å². The van der Waals surface area contributed by atoms with Crippen molar-refractivity contribution < 1.29 is 8.81 Å². The average Bonchev–Trinajstić information content (AvgIpc) is 2.64. The summed E-state index contributed by atoms with van der Waals surface area (Å²) in [4.78, 5) is 7.81. The van der Waals surface area contributed by atoms with Crippen LogP contribution in [0.15, 0.2) is 29.1 Å². The summed E-state index contributed by atoms with van der Waals surface area (Å²) in [6.45, 7) is 2.89. The SMILES string of the molecule is Cc1cnc(CNCc2cncc(F)c2)o1. The first-order chi connectivity index (χ1) is 7.74. The largest absolute Gasteiger partial charge is 0.445 e. The zero-order chi connectivity index (χ0) is 11.4. The number of pyridine rings is 1. The second-order valence-corrected chi connectivity index (χ2v) is 3.48. The van der Waals surface area contributed by atoms with Crippen LogP contribution in [0.5, 0.6) is 0 Å². The Hall–Kier alpha value is -1.75. The molecule has 2 aromatic heterocycles. The molecule has 1 N–H and O–H groups in total. The Morgan fingerprint density at radius 1 is 1.31 bits per heavy atom. The molecular weight excluding hydrogens is 209 g/mol. The van der Waals surface area contributed by atoms with Gasteiger partial charge in [0.15, 0.2) is 0 Å². The number of halogens is 1. The molecule has 0 unspecified atom stereocenters. The van der Waals surface area contributed by atoms with Crippen molar-refractivity contribution in [2.75, 3.05) is 0 Å². The van der Waals surface area contributed by atoms with Crippen molar-refractivity contribution in [3.63, 3.8) is 0 Å². The van der Waals surface area contributed by atoms with Gasteiger partial charge in [-0.3, -0.25) is 4.98 Å². The number of aryl methyl sites for hydroxylation is 1. The van der Waals surface area contributed by atoms with E-state index in [4.69, 9.17) is 4.42 Å². The highest BCUT2D eigenvalue weighted by molar-refractivity contribution is 5.09. The smallest absolute Gasteiger partial charge is 0.208 e. The van der Waals surface area contributed by atoms with Gasteiger partial charge in [0.25, 0.3) is 0 Å². The molecule has 0 aromatic carbocycles. The van der Waals surface area contributed by atoms with Crippen LogP contribution >= 0.6 is 0 Å². The number of nitrogens with zero attached hydrogens (tertiary/aromatic N) is 2. The van der Waals surface area contributed by atoms with Gasteiger partial charge in [-0.2, -0.15) is 0 Å². The standard InChI is InChI=1S/C11H12FN3O/c1-8-3-15-11(16-8)7-14-5-9-2-10(12)6-13-4-9/h2-4,6,14H,5,7H2,1H3. The van der Waals surface area contributed by atoms with E-state index >= 15 is 0 Å². The monoisotopic (exact) mass is 221 g/mol. The van der Waals surface area contributed by atoms with Gasteiger partial charge in [-0.15, -0.1) is 0 Å². The molecular formula is C11H12FN3O. The lowest BCUT2D eigenvalue weighted by molar-refractivity contribution is 0.449. The Kier molecular flexibility index (Phi) is 3.26. The fourth-order valence-electron chi connectivity index (χ4n) is 1.35. The highest BCUT2D eigenvalue weighted by Crippen LogP contribution is 2.03. The van der Waals surface area contributed by atoms with Crippen LogP contribution < -0.4 is 5.32 Å². The van der Waals surface area contributed by atoms with Crippen LogP contribution in [0.25, 0.3) is 0 Å². The summed E-state index contributed by atoms with van der Waals surface area (Å²) < 4.78 is 18.1. The minimum absolute atomic E-state index is 0.328. The third-order valence-electron chi connectivity index (χ3n) is 2.04. The first-order valence-corrected chi connectivity index (χ1v) is 4.95. The van der Waals surface area contributed by atoms with E-state index < -0.39 is 0 Å². The summed E-state index contributed by atoms with van der Waals surface area (Å²) in [5.41, 5.74) is 0.795. The second kappa shape index (κ2) is 4.85. The molecule has 0 aliphatic heterocycles. The predicted octanol–water partition coefficient (Wildman–Crippen LogP) is 1.81.